The molecule has 0 radical (unpaired) electrons. The van der Waals surface area contributed by atoms with E-state index < -0.39 is 5.97 Å². The monoisotopic (exact) mass is 480 g/mol. The highest BCUT2D eigenvalue weighted by Crippen LogP contribution is 2.33. The number of amides is 3. The van der Waals surface area contributed by atoms with Gasteiger partial charge in [-0.25, -0.2) is 0 Å². The molecule has 2 aromatic carbocycles. The molecule has 2 aliphatic heterocycles. The van der Waals surface area contributed by atoms with Crippen molar-refractivity contribution in [3.05, 3.63) is 58.1 Å². The van der Waals surface area contributed by atoms with Gasteiger partial charge in [0.2, 0.25) is 0 Å². The predicted octanol–water partition coefficient (Wildman–Crippen LogP) is 2.52. The van der Waals surface area contributed by atoms with Crippen LogP contribution in [-0.2, 0) is 27.3 Å². The molecular weight excluding hydrogens is 452 g/mol. The van der Waals surface area contributed by atoms with Gasteiger partial charge in [0.15, 0.2) is 18.1 Å². The minimum absolute atomic E-state index is 0.000456. The van der Waals surface area contributed by atoms with Gasteiger partial charge in [0, 0.05) is 26.1 Å². The summed E-state index contributed by atoms with van der Waals surface area (Å²) in [5, 5.41) is 0. The first-order valence-electron chi connectivity index (χ1n) is 11.5. The van der Waals surface area contributed by atoms with Crippen LogP contribution in [0.25, 0.3) is 0 Å². The van der Waals surface area contributed by atoms with Gasteiger partial charge < -0.3 is 19.1 Å². The minimum Gasteiger partial charge on any atom is -0.493 e. The molecule has 184 valence electrons. The normalized spacial score (nSPS) is 14.5. The molecule has 9 heteroatoms. The second-order valence-electron chi connectivity index (χ2n) is 8.62. The fraction of sp³-hybridized carbons (Fsp3) is 0.385. The summed E-state index contributed by atoms with van der Waals surface area (Å²) in [4.78, 5) is 52.6. The number of hydrogen-bond acceptors (Lipinski definition) is 7. The first kappa shape index (κ1) is 24.3. The Labute approximate surface area is 203 Å². The molecule has 0 aromatic heterocycles. The molecule has 0 unspecified atom stereocenters. The number of rotatable bonds is 8. The first-order valence-corrected chi connectivity index (χ1v) is 11.5. The van der Waals surface area contributed by atoms with Crippen molar-refractivity contribution in [1.82, 2.24) is 9.80 Å². The quantitative estimate of drug-likeness (QED) is 0.423. The van der Waals surface area contributed by atoms with Crippen LogP contribution >= 0.6 is 0 Å². The van der Waals surface area contributed by atoms with E-state index in [0.717, 1.165) is 21.6 Å². The van der Waals surface area contributed by atoms with Crippen molar-refractivity contribution < 1.29 is 33.4 Å². The lowest BCUT2D eigenvalue weighted by Crippen LogP contribution is -2.38. The summed E-state index contributed by atoms with van der Waals surface area (Å²) >= 11 is 0. The van der Waals surface area contributed by atoms with Crippen molar-refractivity contribution in [1.29, 1.82) is 0 Å². The van der Waals surface area contributed by atoms with Crippen LogP contribution in [0.3, 0.4) is 0 Å². The van der Waals surface area contributed by atoms with Crippen molar-refractivity contribution in [3.63, 3.8) is 0 Å². The topological polar surface area (TPSA) is 102 Å². The summed E-state index contributed by atoms with van der Waals surface area (Å²) in [5.74, 6) is -0.286. The van der Waals surface area contributed by atoms with Crippen LogP contribution in [0, 0.1) is 6.92 Å². The molecule has 2 heterocycles. The largest absolute Gasteiger partial charge is 0.493 e. The second kappa shape index (κ2) is 10.2. The van der Waals surface area contributed by atoms with Crippen molar-refractivity contribution in [2.24, 2.45) is 0 Å². The number of carbonyl (C=O) groups is 4. The SMILES string of the molecule is COc1cc2c(cc1OC)CN(C(=O)COC(=O)CCCN1C(=O)c3ccc(C)cc3C1=O)CC2. The third kappa shape index (κ3) is 4.99. The van der Waals surface area contributed by atoms with Crippen molar-refractivity contribution in [3.8, 4) is 11.5 Å². The summed E-state index contributed by atoms with van der Waals surface area (Å²) in [6.45, 7) is 2.52. The molecule has 0 saturated heterocycles. The Balaban J connectivity index is 1.24. The van der Waals surface area contributed by atoms with Gasteiger partial charge >= 0.3 is 5.97 Å². The number of methoxy groups -OCH3 is 2. The number of hydrogen-bond donors (Lipinski definition) is 0. The maximum absolute atomic E-state index is 12.6. The number of fused-ring (bicyclic) bond motifs is 2. The molecule has 9 nitrogen and oxygen atoms in total. The Kier molecular flexibility index (Phi) is 7.04. The molecular formula is C26H28N2O7. The molecule has 0 bridgehead atoms. The number of aryl methyl sites for hydroxylation is 1. The second-order valence-corrected chi connectivity index (χ2v) is 8.62. The number of imide groups is 1. The van der Waals surface area contributed by atoms with Crippen LogP contribution < -0.4 is 9.47 Å². The molecule has 4 rings (SSSR count). The Hall–Kier alpha value is -3.88. The van der Waals surface area contributed by atoms with E-state index in [1.165, 1.54) is 0 Å². The van der Waals surface area contributed by atoms with Gasteiger partial charge in [0.1, 0.15) is 0 Å². The molecule has 0 saturated carbocycles. The van der Waals surface area contributed by atoms with E-state index in [9.17, 15) is 19.2 Å². The van der Waals surface area contributed by atoms with E-state index in [-0.39, 0.29) is 43.7 Å². The molecule has 35 heavy (non-hydrogen) atoms. The van der Waals surface area contributed by atoms with Crippen molar-refractivity contribution in [2.75, 3.05) is 33.9 Å². The molecule has 0 atom stereocenters. The third-order valence-electron chi connectivity index (χ3n) is 6.32. The fourth-order valence-electron chi connectivity index (χ4n) is 4.39. The van der Waals surface area contributed by atoms with Crippen LogP contribution in [0.4, 0.5) is 0 Å². The van der Waals surface area contributed by atoms with Gasteiger partial charge in [-0.05, 0) is 55.2 Å². The van der Waals surface area contributed by atoms with Crippen LogP contribution in [0.5, 0.6) is 11.5 Å². The van der Waals surface area contributed by atoms with Crippen molar-refractivity contribution >= 4 is 23.7 Å². The highest BCUT2D eigenvalue weighted by atomic mass is 16.5. The molecule has 2 aromatic rings. The lowest BCUT2D eigenvalue weighted by molar-refractivity contribution is -0.152. The van der Waals surface area contributed by atoms with Gasteiger partial charge in [0.05, 0.1) is 25.3 Å². The number of carbonyl (C=O) groups excluding carboxylic acids is 4. The predicted molar refractivity (Wildman–Crippen MR) is 125 cm³/mol. The van der Waals surface area contributed by atoms with E-state index in [1.54, 1.807) is 37.3 Å². The molecule has 3 amide bonds. The molecule has 0 fully saturated rings. The molecule has 0 N–H and O–H groups in total. The summed E-state index contributed by atoms with van der Waals surface area (Å²) in [6.07, 6.45) is 0.922. The molecule has 0 aliphatic carbocycles. The maximum Gasteiger partial charge on any atom is 0.306 e. The molecule has 2 aliphatic rings. The van der Waals surface area contributed by atoms with Crippen LogP contribution in [0.2, 0.25) is 0 Å². The summed E-state index contributed by atoms with van der Waals surface area (Å²) in [7, 11) is 3.14. The Morgan fingerprint density at radius 2 is 1.63 bits per heavy atom. The Morgan fingerprint density at radius 3 is 2.34 bits per heavy atom. The van der Waals surface area contributed by atoms with Crippen LogP contribution in [0.1, 0.15) is 50.2 Å². The van der Waals surface area contributed by atoms with Crippen molar-refractivity contribution in [2.45, 2.75) is 32.7 Å². The summed E-state index contributed by atoms with van der Waals surface area (Å²) in [6, 6.07) is 8.92. The van der Waals surface area contributed by atoms with E-state index >= 15 is 0 Å². The van der Waals surface area contributed by atoms with E-state index in [0.29, 0.717) is 42.1 Å². The number of esters is 1. The zero-order chi connectivity index (χ0) is 25.1. The smallest absolute Gasteiger partial charge is 0.306 e. The van der Waals surface area contributed by atoms with Gasteiger partial charge in [-0.15, -0.1) is 0 Å². The summed E-state index contributed by atoms with van der Waals surface area (Å²) < 4.78 is 15.8. The zero-order valence-electron chi connectivity index (χ0n) is 20.1. The van der Waals surface area contributed by atoms with E-state index in [2.05, 4.69) is 0 Å². The highest BCUT2D eigenvalue weighted by molar-refractivity contribution is 6.21. The maximum atomic E-state index is 12.6. The number of nitrogens with zero attached hydrogens (tertiary/aromatic N) is 2. The highest BCUT2D eigenvalue weighted by Gasteiger charge is 2.35. The van der Waals surface area contributed by atoms with E-state index in [4.69, 9.17) is 14.2 Å². The Morgan fingerprint density at radius 1 is 0.943 bits per heavy atom. The Bertz CT molecular complexity index is 1190. The first-order chi connectivity index (χ1) is 16.8. The van der Waals surface area contributed by atoms with Gasteiger partial charge in [0.25, 0.3) is 17.7 Å². The zero-order valence-corrected chi connectivity index (χ0v) is 20.1. The number of benzene rings is 2. The van der Waals surface area contributed by atoms with Gasteiger partial charge in [-0.2, -0.15) is 0 Å². The fourth-order valence-corrected chi connectivity index (χ4v) is 4.39. The summed E-state index contributed by atoms with van der Waals surface area (Å²) in [5.41, 5.74) is 3.73. The molecule has 0 spiro atoms. The number of ether oxygens (including phenoxy) is 3. The average Bonchev–Trinajstić information content (AvgIpc) is 3.09. The van der Waals surface area contributed by atoms with Gasteiger partial charge in [-0.1, -0.05) is 11.6 Å². The van der Waals surface area contributed by atoms with Crippen LogP contribution in [-0.4, -0.2) is 67.4 Å². The third-order valence-corrected chi connectivity index (χ3v) is 6.32. The lowest BCUT2D eigenvalue weighted by Gasteiger charge is -2.29. The van der Waals surface area contributed by atoms with E-state index in [1.807, 2.05) is 19.1 Å². The average molecular weight is 481 g/mol. The van der Waals surface area contributed by atoms with Crippen LogP contribution in [0.15, 0.2) is 30.3 Å². The minimum atomic E-state index is -0.547. The van der Waals surface area contributed by atoms with Gasteiger partial charge in [-0.3, -0.25) is 24.1 Å². The lowest BCUT2D eigenvalue weighted by atomic mass is 9.99. The standard InChI is InChI=1S/C26H28N2O7/c1-16-6-7-19-20(11-16)26(32)28(25(19)31)9-4-5-24(30)35-15-23(29)27-10-8-17-12-21(33-2)22(34-3)13-18(17)14-27/h6-7,11-13H,4-5,8-10,14-15H2,1-3H3.